The third kappa shape index (κ3) is 5.02. The first-order valence-electron chi connectivity index (χ1n) is 4.98. The van der Waals surface area contributed by atoms with Gasteiger partial charge in [0.05, 0.1) is 6.61 Å². The largest absolute Gasteiger partial charge is 0.462 e. The highest BCUT2D eigenvalue weighted by Gasteiger charge is 2.13. The summed E-state index contributed by atoms with van der Waals surface area (Å²) in [5.41, 5.74) is 0.900. The molecule has 0 aliphatic heterocycles. The zero-order chi connectivity index (χ0) is 11.1. The Bertz CT molecular complexity index is 209. The predicted molar refractivity (Wildman–Crippen MR) is 55.9 cm³/mol. The monoisotopic (exact) mass is 200 g/mol. The number of ether oxygens (including phenoxy) is 1. The lowest BCUT2D eigenvalue weighted by Crippen LogP contribution is -2.20. The van der Waals surface area contributed by atoms with Crippen LogP contribution in [0, 0.1) is 5.92 Å². The first-order chi connectivity index (χ1) is 6.51. The van der Waals surface area contributed by atoms with Crippen molar-refractivity contribution in [3.8, 4) is 0 Å². The molecule has 0 unspecified atom stereocenters. The van der Waals surface area contributed by atoms with Crippen LogP contribution in [0.15, 0.2) is 11.6 Å². The lowest BCUT2D eigenvalue weighted by molar-refractivity contribution is -0.149. The van der Waals surface area contributed by atoms with Crippen LogP contribution in [0.1, 0.15) is 34.1 Å². The molecule has 0 saturated carbocycles. The van der Waals surface area contributed by atoms with E-state index in [4.69, 9.17) is 9.84 Å². The predicted octanol–water partition coefficient (Wildman–Crippen LogP) is 1.90. The Morgan fingerprint density at radius 1 is 1.50 bits per heavy atom. The molecule has 0 heterocycles. The third-order valence-corrected chi connectivity index (χ3v) is 2.14. The van der Waals surface area contributed by atoms with Crippen LogP contribution >= 0.6 is 0 Å². The zero-order valence-electron chi connectivity index (χ0n) is 9.41. The van der Waals surface area contributed by atoms with E-state index in [1.54, 1.807) is 6.92 Å². The Balaban J connectivity index is 4.11. The molecule has 0 aliphatic carbocycles. The molecule has 0 aromatic heterocycles. The number of carbonyl (C=O) groups is 1. The van der Waals surface area contributed by atoms with Gasteiger partial charge in [0.1, 0.15) is 6.10 Å². The molecule has 0 fully saturated rings. The van der Waals surface area contributed by atoms with E-state index >= 15 is 0 Å². The average molecular weight is 200 g/mol. The number of aliphatic hydroxyl groups excluding tert-OH is 1. The first-order valence-corrected chi connectivity index (χ1v) is 4.98. The number of aliphatic hydroxyl groups is 1. The van der Waals surface area contributed by atoms with Crippen molar-refractivity contribution >= 4 is 5.97 Å². The van der Waals surface area contributed by atoms with E-state index in [1.807, 2.05) is 26.8 Å². The highest BCUT2D eigenvalue weighted by molar-refractivity contribution is 5.69. The molecule has 0 aliphatic rings. The number of rotatable bonds is 5. The molecule has 1 N–H and O–H groups in total. The van der Waals surface area contributed by atoms with E-state index in [9.17, 15) is 4.79 Å². The van der Waals surface area contributed by atoms with Crippen molar-refractivity contribution in [1.29, 1.82) is 0 Å². The van der Waals surface area contributed by atoms with Crippen molar-refractivity contribution in [2.75, 3.05) is 6.61 Å². The summed E-state index contributed by atoms with van der Waals surface area (Å²) in [6.45, 7) is 7.50. The van der Waals surface area contributed by atoms with Crippen molar-refractivity contribution in [2.45, 2.75) is 40.2 Å². The first kappa shape index (κ1) is 13.2. The number of esters is 1. The Morgan fingerprint density at radius 3 is 2.50 bits per heavy atom. The fourth-order valence-corrected chi connectivity index (χ4v) is 1.03. The van der Waals surface area contributed by atoms with Crippen LogP contribution in [0.3, 0.4) is 0 Å². The summed E-state index contributed by atoms with van der Waals surface area (Å²) < 4.78 is 5.14. The molecule has 3 nitrogen and oxygen atoms in total. The van der Waals surface area contributed by atoms with Gasteiger partial charge in [-0.25, -0.2) is 0 Å². The smallest absolute Gasteiger partial charge is 0.305 e. The number of hydrogen-bond acceptors (Lipinski definition) is 3. The van der Waals surface area contributed by atoms with Gasteiger partial charge in [-0.05, 0) is 13.8 Å². The normalized spacial score (nSPS) is 16.2. The molecule has 0 bridgehead atoms. The van der Waals surface area contributed by atoms with Gasteiger partial charge in [0, 0.05) is 12.3 Å². The summed E-state index contributed by atoms with van der Waals surface area (Å²) in [6, 6.07) is 0. The molecule has 0 amide bonds. The van der Waals surface area contributed by atoms with Crippen molar-refractivity contribution < 1.29 is 14.6 Å². The average Bonchev–Trinajstić information content (AvgIpc) is 2.17. The van der Waals surface area contributed by atoms with Gasteiger partial charge in [-0.3, -0.25) is 4.79 Å². The van der Waals surface area contributed by atoms with Crippen molar-refractivity contribution in [1.82, 2.24) is 0 Å². The van der Waals surface area contributed by atoms with Gasteiger partial charge in [-0.2, -0.15) is 0 Å². The quantitative estimate of drug-likeness (QED) is 0.544. The van der Waals surface area contributed by atoms with Crippen LogP contribution < -0.4 is 0 Å². The molecule has 0 radical (unpaired) electrons. The van der Waals surface area contributed by atoms with Crippen LogP contribution in [0.5, 0.6) is 0 Å². The van der Waals surface area contributed by atoms with Crippen molar-refractivity contribution in [3.05, 3.63) is 11.6 Å². The van der Waals surface area contributed by atoms with Gasteiger partial charge >= 0.3 is 5.97 Å². The molecule has 0 aromatic rings. The minimum Gasteiger partial charge on any atom is -0.462 e. The third-order valence-electron chi connectivity index (χ3n) is 2.14. The van der Waals surface area contributed by atoms with Crippen LogP contribution in [0.25, 0.3) is 0 Å². The second-order valence-electron chi connectivity index (χ2n) is 3.58. The summed E-state index contributed by atoms with van der Waals surface area (Å²) >= 11 is 0. The molecule has 14 heavy (non-hydrogen) atoms. The minimum atomic E-state index is -0.181. The summed E-state index contributed by atoms with van der Waals surface area (Å²) in [6.07, 6.45) is 2.19. The van der Waals surface area contributed by atoms with Crippen LogP contribution in [-0.4, -0.2) is 23.8 Å². The lowest BCUT2D eigenvalue weighted by atomic mass is 10.0. The van der Waals surface area contributed by atoms with Crippen molar-refractivity contribution in [3.63, 3.8) is 0 Å². The van der Waals surface area contributed by atoms with Gasteiger partial charge in [-0.1, -0.05) is 25.5 Å². The molecule has 3 heteroatoms. The second kappa shape index (κ2) is 6.60. The van der Waals surface area contributed by atoms with Gasteiger partial charge < -0.3 is 9.84 Å². The van der Waals surface area contributed by atoms with Gasteiger partial charge in [-0.15, -0.1) is 0 Å². The highest BCUT2D eigenvalue weighted by atomic mass is 16.5. The molecule has 0 saturated heterocycles. The number of carbonyl (C=O) groups excluding carboxylic acids is 1. The topological polar surface area (TPSA) is 46.5 Å². The molecular formula is C11H20O3. The molecule has 2 atom stereocenters. The summed E-state index contributed by atoms with van der Waals surface area (Å²) in [5.74, 6) is -0.0444. The summed E-state index contributed by atoms with van der Waals surface area (Å²) in [4.78, 5) is 11.0. The maximum atomic E-state index is 11.0. The zero-order valence-corrected chi connectivity index (χ0v) is 9.41. The van der Waals surface area contributed by atoms with Crippen molar-refractivity contribution in [2.24, 2.45) is 5.92 Å². The second-order valence-corrected chi connectivity index (χ2v) is 3.58. The van der Waals surface area contributed by atoms with Crippen LogP contribution in [0.4, 0.5) is 0 Å². The molecular weight excluding hydrogens is 180 g/mol. The van der Waals surface area contributed by atoms with Gasteiger partial charge in [0.25, 0.3) is 0 Å². The SMILES string of the molecule is CCC(=O)O[C@H](C)[C@@H](C)/C=C(\C)CO. The Labute approximate surface area is 85.8 Å². The maximum absolute atomic E-state index is 11.0. The van der Waals surface area contributed by atoms with E-state index in [1.165, 1.54) is 0 Å². The Kier molecular flexibility index (Phi) is 6.21. The Hall–Kier alpha value is -0.830. The lowest BCUT2D eigenvalue weighted by Gasteiger charge is -2.17. The molecule has 0 spiro atoms. The van der Waals surface area contributed by atoms with Crippen LogP contribution in [0.2, 0.25) is 0 Å². The Morgan fingerprint density at radius 2 is 2.07 bits per heavy atom. The molecule has 0 aromatic carbocycles. The van der Waals surface area contributed by atoms with E-state index in [-0.39, 0.29) is 24.6 Å². The standard InChI is InChI=1S/C11H20O3/c1-5-11(13)14-10(4)9(3)6-8(2)7-12/h6,9-10,12H,5,7H2,1-4H3/b8-6+/t9-,10+/m0/s1. The van der Waals surface area contributed by atoms with Gasteiger partial charge in [0.2, 0.25) is 0 Å². The summed E-state index contributed by atoms with van der Waals surface area (Å²) in [7, 11) is 0. The van der Waals surface area contributed by atoms with E-state index in [0.29, 0.717) is 6.42 Å². The fraction of sp³-hybridized carbons (Fsp3) is 0.727. The van der Waals surface area contributed by atoms with E-state index in [2.05, 4.69) is 0 Å². The fourth-order valence-electron chi connectivity index (χ4n) is 1.03. The van der Waals surface area contributed by atoms with Crippen LogP contribution in [-0.2, 0) is 9.53 Å². The van der Waals surface area contributed by atoms with E-state index < -0.39 is 0 Å². The van der Waals surface area contributed by atoms with E-state index in [0.717, 1.165) is 5.57 Å². The highest BCUT2D eigenvalue weighted by Crippen LogP contribution is 2.11. The maximum Gasteiger partial charge on any atom is 0.305 e. The molecule has 82 valence electrons. The minimum absolute atomic E-state index is 0.0543. The molecule has 0 rings (SSSR count). The number of hydrogen-bond donors (Lipinski definition) is 1. The summed E-state index contributed by atoms with van der Waals surface area (Å²) in [5, 5.41) is 8.82. The van der Waals surface area contributed by atoms with Gasteiger partial charge in [0.15, 0.2) is 0 Å².